The lowest BCUT2D eigenvalue weighted by atomic mass is 10.1. The van der Waals surface area contributed by atoms with Gasteiger partial charge in [-0.15, -0.1) is 0 Å². The number of aromatic nitrogens is 3. The molecule has 190 valence electrons. The van der Waals surface area contributed by atoms with Gasteiger partial charge in [-0.05, 0) is 75.6 Å². The SMILES string of the molecule is Cc1ccc(-n2c(C)cc(C(=O)COC(=O)/C=C/c3c(C)nn(Cc4ccccc4)c3Cl)c2C)cc1C. The molecule has 37 heavy (non-hydrogen) atoms. The van der Waals surface area contributed by atoms with Gasteiger partial charge in [0.15, 0.2) is 6.61 Å². The highest BCUT2D eigenvalue weighted by Gasteiger charge is 2.18. The second kappa shape index (κ2) is 11.0. The van der Waals surface area contributed by atoms with E-state index in [2.05, 4.69) is 31.1 Å². The molecule has 0 aliphatic carbocycles. The summed E-state index contributed by atoms with van der Waals surface area (Å²) < 4.78 is 8.98. The van der Waals surface area contributed by atoms with Crippen molar-refractivity contribution in [3.63, 3.8) is 0 Å². The number of nitrogens with zero attached hydrogens (tertiary/aromatic N) is 3. The lowest BCUT2D eigenvalue weighted by molar-refractivity contribution is -0.136. The third kappa shape index (κ3) is 5.75. The van der Waals surface area contributed by atoms with Crippen LogP contribution in [0.4, 0.5) is 0 Å². The molecule has 2 aromatic heterocycles. The first kappa shape index (κ1) is 26.2. The van der Waals surface area contributed by atoms with Crippen molar-refractivity contribution in [3.8, 4) is 5.69 Å². The molecule has 6 nitrogen and oxygen atoms in total. The van der Waals surface area contributed by atoms with E-state index in [-0.39, 0.29) is 12.4 Å². The molecule has 7 heteroatoms. The largest absolute Gasteiger partial charge is 0.454 e. The molecule has 0 amide bonds. The van der Waals surface area contributed by atoms with Crippen LogP contribution in [0.5, 0.6) is 0 Å². The summed E-state index contributed by atoms with van der Waals surface area (Å²) in [5.74, 6) is -0.877. The number of carbonyl (C=O) groups excluding carboxylic acids is 2. The summed E-state index contributed by atoms with van der Waals surface area (Å²) >= 11 is 6.51. The molecule has 4 rings (SSSR count). The van der Waals surface area contributed by atoms with Crippen molar-refractivity contribution in [2.75, 3.05) is 6.61 Å². The van der Waals surface area contributed by atoms with E-state index in [1.807, 2.05) is 67.8 Å². The zero-order valence-corrected chi connectivity index (χ0v) is 22.5. The average Bonchev–Trinajstić information content (AvgIpc) is 3.32. The van der Waals surface area contributed by atoms with Crippen LogP contribution in [-0.4, -0.2) is 32.7 Å². The van der Waals surface area contributed by atoms with E-state index >= 15 is 0 Å². The number of Topliss-reactive ketones (excluding diaryl/α,β-unsaturated/α-hetero) is 1. The lowest BCUT2D eigenvalue weighted by Gasteiger charge is -2.12. The monoisotopic (exact) mass is 515 g/mol. The molecule has 0 aliphatic rings. The van der Waals surface area contributed by atoms with E-state index in [4.69, 9.17) is 16.3 Å². The van der Waals surface area contributed by atoms with Crippen LogP contribution in [0.3, 0.4) is 0 Å². The molecule has 0 aliphatic heterocycles. The van der Waals surface area contributed by atoms with Gasteiger partial charge in [0, 0.05) is 34.3 Å². The summed E-state index contributed by atoms with van der Waals surface area (Å²) in [7, 11) is 0. The molecule has 0 spiro atoms. The van der Waals surface area contributed by atoms with Crippen molar-refractivity contribution in [2.45, 2.75) is 41.2 Å². The Morgan fingerprint density at radius 1 is 0.973 bits per heavy atom. The van der Waals surface area contributed by atoms with Crippen molar-refractivity contribution in [1.29, 1.82) is 0 Å². The van der Waals surface area contributed by atoms with Gasteiger partial charge in [0.25, 0.3) is 0 Å². The molecule has 0 atom stereocenters. The number of rotatable bonds is 8. The van der Waals surface area contributed by atoms with Crippen LogP contribution in [0.1, 0.15) is 49.7 Å². The number of aryl methyl sites for hydroxylation is 4. The van der Waals surface area contributed by atoms with Gasteiger partial charge in [-0.3, -0.25) is 4.79 Å². The zero-order valence-electron chi connectivity index (χ0n) is 21.7. The Balaban J connectivity index is 1.42. The van der Waals surface area contributed by atoms with Gasteiger partial charge >= 0.3 is 5.97 Å². The summed E-state index contributed by atoms with van der Waals surface area (Å²) in [6, 6.07) is 17.9. The predicted octanol–water partition coefficient (Wildman–Crippen LogP) is 6.36. The molecule has 2 aromatic carbocycles. The molecule has 0 radical (unpaired) electrons. The topological polar surface area (TPSA) is 66.1 Å². The van der Waals surface area contributed by atoms with Gasteiger partial charge in [0.05, 0.1) is 12.2 Å². The summed E-state index contributed by atoms with van der Waals surface area (Å²) in [4.78, 5) is 25.3. The Hall–Kier alpha value is -3.90. The van der Waals surface area contributed by atoms with Crippen LogP contribution < -0.4 is 0 Å². The van der Waals surface area contributed by atoms with Gasteiger partial charge in [-0.25, -0.2) is 9.48 Å². The van der Waals surface area contributed by atoms with E-state index in [0.29, 0.717) is 28.5 Å². The average molecular weight is 516 g/mol. The standard InChI is InChI=1S/C30H30ClN3O3/c1-19-11-12-25(15-20(19)2)34-21(3)16-27(23(34)5)28(35)18-37-29(36)14-13-26-22(4)32-33(30(26)31)17-24-9-7-6-8-10-24/h6-16H,17-18H2,1-5H3/b14-13+. The second-order valence-corrected chi connectivity index (χ2v) is 9.54. The minimum absolute atomic E-state index is 0.255. The maximum Gasteiger partial charge on any atom is 0.331 e. The predicted molar refractivity (Wildman–Crippen MR) is 147 cm³/mol. The van der Waals surface area contributed by atoms with E-state index in [9.17, 15) is 9.59 Å². The Bertz CT molecular complexity index is 1500. The fourth-order valence-corrected chi connectivity index (χ4v) is 4.64. The fourth-order valence-electron chi connectivity index (χ4n) is 4.34. The summed E-state index contributed by atoms with van der Waals surface area (Å²) in [5.41, 5.74) is 8.07. The van der Waals surface area contributed by atoms with E-state index in [1.54, 1.807) is 10.8 Å². The third-order valence-corrected chi connectivity index (χ3v) is 6.90. The lowest BCUT2D eigenvalue weighted by Crippen LogP contribution is -2.13. The first-order valence-corrected chi connectivity index (χ1v) is 12.4. The molecular weight excluding hydrogens is 486 g/mol. The number of carbonyl (C=O) groups is 2. The zero-order chi connectivity index (χ0) is 26.7. The molecule has 0 saturated carbocycles. The number of hydrogen-bond donors (Lipinski definition) is 0. The second-order valence-electron chi connectivity index (χ2n) is 9.19. The van der Waals surface area contributed by atoms with E-state index in [0.717, 1.165) is 22.6 Å². The number of benzene rings is 2. The molecule has 0 unspecified atom stereocenters. The number of esters is 1. The van der Waals surface area contributed by atoms with Crippen LogP contribution in [0, 0.1) is 34.6 Å². The van der Waals surface area contributed by atoms with E-state index in [1.165, 1.54) is 17.2 Å². The van der Waals surface area contributed by atoms with Gasteiger partial charge in [-0.2, -0.15) is 5.10 Å². The van der Waals surface area contributed by atoms with E-state index < -0.39 is 5.97 Å². The number of ketones is 1. The molecule has 0 saturated heterocycles. The molecular formula is C30H30ClN3O3. The first-order valence-electron chi connectivity index (χ1n) is 12.1. The number of ether oxygens (including phenoxy) is 1. The Labute approximate surface area is 222 Å². The van der Waals surface area contributed by atoms with Crippen LogP contribution >= 0.6 is 11.6 Å². The van der Waals surface area contributed by atoms with Crippen LogP contribution in [-0.2, 0) is 16.1 Å². The van der Waals surface area contributed by atoms with Crippen molar-refractivity contribution >= 4 is 29.4 Å². The Morgan fingerprint density at radius 3 is 2.41 bits per heavy atom. The fraction of sp³-hybridized carbons (Fsp3) is 0.233. The molecule has 0 N–H and O–H groups in total. The van der Waals surface area contributed by atoms with Gasteiger partial charge in [-0.1, -0.05) is 48.0 Å². The maximum absolute atomic E-state index is 12.9. The number of halogens is 1. The summed E-state index contributed by atoms with van der Waals surface area (Å²) in [6.45, 7) is 9.99. The van der Waals surface area contributed by atoms with Crippen LogP contribution in [0.2, 0.25) is 5.15 Å². The molecule has 0 fully saturated rings. The minimum Gasteiger partial charge on any atom is -0.454 e. The van der Waals surface area contributed by atoms with Gasteiger partial charge in [0.2, 0.25) is 5.78 Å². The quantitative estimate of drug-likeness (QED) is 0.156. The molecule has 4 aromatic rings. The summed E-state index contributed by atoms with van der Waals surface area (Å²) in [6.07, 6.45) is 2.85. The maximum atomic E-state index is 12.9. The van der Waals surface area contributed by atoms with Gasteiger partial charge in [0.1, 0.15) is 5.15 Å². The smallest absolute Gasteiger partial charge is 0.331 e. The minimum atomic E-state index is -0.623. The van der Waals surface area contributed by atoms with Gasteiger partial charge < -0.3 is 9.30 Å². The van der Waals surface area contributed by atoms with Crippen molar-refractivity contribution in [3.05, 3.63) is 111 Å². The highest BCUT2D eigenvalue weighted by atomic mass is 35.5. The Morgan fingerprint density at radius 2 is 1.70 bits per heavy atom. The van der Waals surface area contributed by atoms with Crippen molar-refractivity contribution in [1.82, 2.24) is 14.3 Å². The van der Waals surface area contributed by atoms with Crippen molar-refractivity contribution < 1.29 is 14.3 Å². The number of hydrogen-bond acceptors (Lipinski definition) is 4. The summed E-state index contributed by atoms with van der Waals surface area (Å²) in [5, 5.41) is 4.91. The normalized spacial score (nSPS) is 11.3. The first-order chi connectivity index (χ1) is 17.7. The highest BCUT2D eigenvalue weighted by Crippen LogP contribution is 2.24. The molecule has 0 bridgehead atoms. The van der Waals surface area contributed by atoms with Crippen LogP contribution in [0.15, 0.2) is 60.7 Å². The molecule has 2 heterocycles. The van der Waals surface area contributed by atoms with Crippen LogP contribution in [0.25, 0.3) is 11.8 Å². The van der Waals surface area contributed by atoms with Crippen molar-refractivity contribution in [2.24, 2.45) is 0 Å². The Kier molecular flexibility index (Phi) is 7.79. The third-order valence-electron chi connectivity index (χ3n) is 6.50. The highest BCUT2D eigenvalue weighted by molar-refractivity contribution is 6.31.